The lowest BCUT2D eigenvalue weighted by Crippen LogP contribution is -2.47. The number of likely N-dealkylation sites (N-methyl/N-ethyl adjacent to an activating group) is 1. The largest absolute Gasteiger partial charge is 0.480 e. The summed E-state index contributed by atoms with van der Waals surface area (Å²) in [5.41, 5.74) is -0.761. The summed E-state index contributed by atoms with van der Waals surface area (Å²) in [7, 11) is 1.71. The molecular weight excluding hydrogens is 234 g/mol. The van der Waals surface area contributed by atoms with Crippen molar-refractivity contribution in [3.8, 4) is 0 Å². The molecule has 0 aromatic heterocycles. The highest BCUT2D eigenvalue weighted by atomic mass is 32.2. The van der Waals surface area contributed by atoms with Crippen molar-refractivity contribution < 1.29 is 9.90 Å². The Bertz CT molecular complexity index is 221. The quantitative estimate of drug-likeness (QED) is 0.594. The molecule has 2 N–H and O–H groups in total. The molecule has 0 aliphatic carbocycles. The highest BCUT2D eigenvalue weighted by Crippen LogP contribution is 2.16. The first kappa shape index (κ1) is 16.8. The molecule has 0 aromatic rings. The first-order chi connectivity index (χ1) is 7.92. The molecule has 0 rings (SSSR count). The zero-order chi connectivity index (χ0) is 13.3. The molecule has 0 fully saturated rings. The van der Waals surface area contributed by atoms with Crippen molar-refractivity contribution in [3.63, 3.8) is 0 Å². The molecule has 4 heteroatoms. The number of hydrogen-bond donors (Lipinski definition) is 2. The molecule has 0 spiro atoms. The monoisotopic (exact) mass is 261 g/mol. The topological polar surface area (TPSA) is 49.3 Å². The van der Waals surface area contributed by atoms with Gasteiger partial charge in [-0.1, -0.05) is 20.3 Å². The van der Waals surface area contributed by atoms with E-state index in [1.807, 2.05) is 11.8 Å². The molecule has 0 radical (unpaired) electrons. The molecular formula is C13H27NO2S. The SMILES string of the molecule is CNC(C)(CCCCSCCC(C)C)C(=O)O. The first-order valence-corrected chi connectivity index (χ1v) is 7.58. The van der Waals surface area contributed by atoms with Crippen LogP contribution in [0.3, 0.4) is 0 Å². The van der Waals surface area contributed by atoms with Crippen LogP contribution in [0.15, 0.2) is 0 Å². The summed E-state index contributed by atoms with van der Waals surface area (Å²) < 4.78 is 0. The zero-order valence-corrected chi connectivity index (χ0v) is 12.4. The number of hydrogen-bond acceptors (Lipinski definition) is 3. The molecule has 0 saturated heterocycles. The summed E-state index contributed by atoms with van der Waals surface area (Å²) in [6.07, 6.45) is 4.04. The zero-order valence-electron chi connectivity index (χ0n) is 11.6. The van der Waals surface area contributed by atoms with Gasteiger partial charge in [0.2, 0.25) is 0 Å². The van der Waals surface area contributed by atoms with Crippen LogP contribution < -0.4 is 5.32 Å². The smallest absolute Gasteiger partial charge is 0.323 e. The van der Waals surface area contributed by atoms with Gasteiger partial charge in [-0.05, 0) is 50.7 Å². The molecule has 0 saturated carbocycles. The summed E-state index contributed by atoms with van der Waals surface area (Å²) in [6.45, 7) is 6.23. The summed E-state index contributed by atoms with van der Waals surface area (Å²) in [5.74, 6) is 2.39. The van der Waals surface area contributed by atoms with Crippen LogP contribution in [0.5, 0.6) is 0 Å². The summed E-state index contributed by atoms with van der Waals surface area (Å²) in [4.78, 5) is 11.0. The van der Waals surface area contributed by atoms with E-state index in [1.54, 1.807) is 14.0 Å². The Balaban J connectivity index is 3.53. The second-order valence-corrected chi connectivity index (χ2v) is 6.36. The number of carbonyl (C=O) groups is 1. The van der Waals surface area contributed by atoms with Crippen molar-refractivity contribution >= 4 is 17.7 Å². The van der Waals surface area contributed by atoms with Gasteiger partial charge in [0.25, 0.3) is 0 Å². The van der Waals surface area contributed by atoms with Crippen LogP contribution in [0.4, 0.5) is 0 Å². The number of carboxylic acid groups (broad SMARTS) is 1. The van der Waals surface area contributed by atoms with E-state index in [-0.39, 0.29) is 0 Å². The summed E-state index contributed by atoms with van der Waals surface area (Å²) >= 11 is 1.98. The number of carboxylic acids is 1. The Morgan fingerprint density at radius 2 is 2.00 bits per heavy atom. The van der Waals surface area contributed by atoms with E-state index in [0.717, 1.165) is 24.5 Å². The lowest BCUT2D eigenvalue weighted by Gasteiger charge is -2.23. The highest BCUT2D eigenvalue weighted by molar-refractivity contribution is 7.99. The fraction of sp³-hybridized carbons (Fsp3) is 0.923. The molecule has 0 bridgehead atoms. The van der Waals surface area contributed by atoms with Crippen molar-refractivity contribution in [3.05, 3.63) is 0 Å². The summed E-state index contributed by atoms with van der Waals surface area (Å²) in [5, 5.41) is 12.0. The standard InChI is InChI=1S/C13H27NO2S/c1-11(2)7-10-17-9-6-5-8-13(3,14-4)12(15)16/h11,14H,5-10H2,1-4H3,(H,15,16). The van der Waals surface area contributed by atoms with Crippen molar-refractivity contribution in [1.29, 1.82) is 0 Å². The predicted octanol–water partition coefficient (Wildman–Crippen LogP) is 3.00. The van der Waals surface area contributed by atoms with Gasteiger partial charge in [-0.25, -0.2) is 0 Å². The minimum Gasteiger partial charge on any atom is -0.480 e. The number of aliphatic carboxylic acids is 1. The van der Waals surface area contributed by atoms with Gasteiger partial charge in [0.05, 0.1) is 0 Å². The molecule has 0 aliphatic rings. The average molecular weight is 261 g/mol. The number of thioether (sulfide) groups is 1. The lowest BCUT2D eigenvalue weighted by atomic mass is 9.95. The lowest BCUT2D eigenvalue weighted by molar-refractivity contribution is -0.144. The van der Waals surface area contributed by atoms with Gasteiger partial charge in [-0.3, -0.25) is 4.79 Å². The Kier molecular flexibility index (Phi) is 8.70. The molecule has 3 nitrogen and oxygen atoms in total. The van der Waals surface area contributed by atoms with Crippen LogP contribution in [0.2, 0.25) is 0 Å². The molecule has 0 amide bonds. The van der Waals surface area contributed by atoms with Crippen molar-refractivity contribution in [2.45, 2.75) is 52.0 Å². The minimum atomic E-state index is -0.761. The average Bonchev–Trinajstić information content (AvgIpc) is 2.26. The van der Waals surface area contributed by atoms with E-state index in [2.05, 4.69) is 19.2 Å². The Labute approximate surface area is 110 Å². The molecule has 102 valence electrons. The number of rotatable bonds is 10. The van der Waals surface area contributed by atoms with Gasteiger partial charge in [0.1, 0.15) is 5.54 Å². The van der Waals surface area contributed by atoms with E-state index < -0.39 is 11.5 Å². The molecule has 0 aliphatic heterocycles. The Morgan fingerprint density at radius 3 is 2.47 bits per heavy atom. The first-order valence-electron chi connectivity index (χ1n) is 6.42. The van der Waals surface area contributed by atoms with Gasteiger partial charge in [0.15, 0.2) is 0 Å². The van der Waals surface area contributed by atoms with Gasteiger partial charge < -0.3 is 10.4 Å². The normalized spacial score (nSPS) is 14.9. The highest BCUT2D eigenvalue weighted by Gasteiger charge is 2.29. The van der Waals surface area contributed by atoms with Crippen molar-refractivity contribution in [2.24, 2.45) is 5.92 Å². The molecule has 0 aromatic carbocycles. The van der Waals surface area contributed by atoms with Crippen molar-refractivity contribution in [1.82, 2.24) is 5.32 Å². The van der Waals surface area contributed by atoms with E-state index in [9.17, 15) is 4.79 Å². The minimum absolute atomic E-state index is 0.698. The third-order valence-corrected chi connectivity index (χ3v) is 4.18. The van der Waals surface area contributed by atoms with Gasteiger partial charge >= 0.3 is 5.97 Å². The Hall–Kier alpha value is -0.220. The van der Waals surface area contributed by atoms with E-state index in [0.29, 0.717) is 6.42 Å². The van der Waals surface area contributed by atoms with Crippen LogP contribution in [0.1, 0.15) is 46.5 Å². The maximum absolute atomic E-state index is 11.0. The third kappa shape index (κ3) is 7.66. The summed E-state index contributed by atoms with van der Waals surface area (Å²) in [6, 6.07) is 0. The molecule has 0 heterocycles. The maximum Gasteiger partial charge on any atom is 0.323 e. The van der Waals surface area contributed by atoms with E-state index >= 15 is 0 Å². The molecule has 1 unspecified atom stereocenters. The van der Waals surface area contributed by atoms with Crippen molar-refractivity contribution in [2.75, 3.05) is 18.6 Å². The molecule has 1 atom stereocenters. The van der Waals surface area contributed by atoms with Gasteiger partial charge in [0, 0.05) is 0 Å². The van der Waals surface area contributed by atoms with E-state index in [1.165, 1.54) is 12.2 Å². The van der Waals surface area contributed by atoms with Crippen LogP contribution >= 0.6 is 11.8 Å². The fourth-order valence-electron chi connectivity index (χ4n) is 1.44. The second-order valence-electron chi connectivity index (χ2n) is 5.14. The van der Waals surface area contributed by atoms with Gasteiger partial charge in [-0.15, -0.1) is 0 Å². The predicted molar refractivity (Wildman–Crippen MR) is 75.7 cm³/mol. The van der Waals surface area contributed by atoms with Crippen LogP contribution in [-0.2, 0) is 4.79 Å². The second kappa shape index (κ2) is 8.81. The fourth-order valence-corrected chi connectivity index (χ4v) is 2.69. The maximum atomic E-state index is 11.0. The van der Waals surface area contributed by atoms with Crippen LogP contribution in [-0.4, -0.2) is 35.2 Å². The van der Waals surface area contributed by atoms with Crippen LogP contribution in [0, 0.1) is 5.92 Å². The number of nitrogens with one attached hydrogen (secondary N) is 1. The number of unbranched alkanes of at least 4 members (excludes halogenated alkanes) is 1. The Morgan fingerprint density at radius 1 is 1.35 bits per heavy atom. The van der Waals surface area contributed by atoms with Gasteiger partial charge in [-0.2, -0.15) is 11.8 Å². The third-order valence-electron chi connectivity index (χ3n) is 3.08. The molecule has 17 heavy (non-hydrogen) atoms. The van der Waals surface area contributed by atoms with Crippen LogP contribution in [0.25, 0.3) is 0 Å². The van der Waals surface area contributed by atoms with E-state index in [4.69, 9.17) is 5.11 Å².